The summed E-state index contributed by atoms with van der Waals surface area (Å²) in [6, 6.07) is 0.129. The highest BCUT2D eigenvalue weighted by Gasteiger charge is 2.23. The van der Waals surface area contributed by atoms with Crippen LogP contribution in [0.25, 0.3) is 0 Å². The fourth-order valence-corrected chi connectivity index (χ4v) is 2.82. The molecule has 1 aliphatic carbocycles. The second-order valence-corrected chi connectivity index (χ2v) is 6.53. The summed E-state index contributed by atoms with van der Waals surface area (Å²) in [6.07, 6.45) is 6.73. The smallest absolute Gasteiger partial charge is 0.224 e. The molecule has 122 valence electrons. The minimum Gasteiger partial charge on any atom is -0.380 e. The number of carbonyl (C=O) groups is 1. The number of nitrogens with zero attached hydrogens (tertiary/aromatic N) is 2. The van der Waals surface area contributed by atoms with Gasteiger partial charge in [-0.15, -0.1) is 0 Å². The van der Waals surface area contributed by atoms with Gasteiger partial charge in [-0.2, -0.15) is 0 Å². The third-order valence-corrected chi connectivity index (χ3v) is 4.65. The molecule has 1 aliphatic heterocycles. The summed E-state index contributed by atoms with van der Waals surface area (Å²) < 4.78 is 5.67. The van der Waals surface area contributed by atoms with E-state index in [2.05, 4.69) is 4.90 Å². The molecule has 1 atom stereocenters. The molecule has 1 heterocycles. The molecule has 1 unspecified atom stereocenters. The van der Waals surface area contributed by atoms with Crippen LogP contribution in [0.3, 0.4) is 0 Å². The Morgan fingerprint density at radius 3 is 2.67 bits per heavy atom. The van der Waals surface area contributed by atoms with E-state index in [0.717, 1.165) is 51.6 Å². The molecule has 0 bridgehead atoms. The standard InChI is InChI=1S/C16H31N3O2/c1-18(9-10-21-13-14-5-6-14)15(12-17)11-16(20)19-7-3-2-4-8-19/h14-15H,2-13,17H2,1H3. The summed E-state index contributed by atoms with van der Waals surface area (Å²) in [5.74, 6) is 1.07. The zero-order valence-electron chi connectivity index (χ0n) is 13.4. The molecule has 21 heavy (non-hydrogen) atoms. The van der Waals surface area contributed by atoms with Crippen LogP contribution >= 0.6 is 0 Å². The Morgan fingerprint density at radius 1 is 1.33 bits per heavy atom. The van der Waals surface area contributed by atoms with Crippen molar-refractivity contribution in [2.24, 2.45) is 11.7 Å². The summed E-state index contributed by atoms with van der Waals surface area (Å²) >= 11 is 0. The fraction of sp³-hybridized carbons (Fsp3) is 0.938. The van der Waals surface area contributed by atoms with Crippen molar-refractivity contribution < 1.29 is 9.53 Å². The van der Waals surface area contributed by atoms with Crippen LogP contribution in [0.1, 0.15) is 38.5 Å². The highest BCUT2D eigenvalue weighted by Crippen LogP contribution is 2.28. The Hall–Kier alpha value is -0.650. The topological polar surface area (TPSA) is 58.8 Å². The number of hydrogen-bond donors (Lipinski definition) is 1. The molecule has 5 nitrogen and oxygen atoms in total. The van der Waals surface area contributed by atoms with Gasteiger partial charge in [0, 0.05) is 45.2 Å². The highest BCUT2D eigenvalue weighted by molar-refractivity contribution is 5.76. The molecule has 0 spiro atoms. The Kier molecular flexibility index (Phi) is 6.93. The minimum absolute atomic E-state index is 0.129. The van der Waals surface area contributed by atoms with Crippen LogP contribution < -0.4 is 5.73 Å². The first-order chi connectivity index (χ1) is 10.2. The number of piperidine rings is 1. The van der Waals surface area contributed by atoms with Crippen molar-refractivity contribution in [3.8, 4) is 0 Å². The third kappa shape index (κ3) is 5.93. The fourth-order valence-electron chi connectivity index (χ4n) is 2.82. The lowest BCUT2D eigenvalue weighted by Crippen LogP contribution is -2.45. The van der Waals surface area contributed by atoms with Crippen molar-refractivity contribution in [2.75, 3.05) is 46.4 Å². The van der Waals surface area contributed by atoms with E-state index in [1.807, 2.05) is 11.9 Å². The van der Waals surface area contributed by atoms with Crippen LogP contribution in [0.4, 0.5) is 0 Å². The van der Waals surface area contributed by atoms with Gasteiger partial charge in [-0.3, -0.25) is 9.69 Å². The number of ether oxygens (including phenoxy) is 1. The molecular formula is C16H31N3O2. The number of nitrogens with two attached hydrogens (primary N) is 1. The van der Waals surface area contributed by atoms with Gasteiger partial charge in [0.25, 0.3) is 0 Å². The van der Waals surface area contributed by atoms with Crippen molar-refractivity contribution in [3.05, 3.63) is 0 Å². The number of hydrogen-bond acceptors (Lipinski definition) is 4. The van der Waals surface area contributed by atoms with Gasteiger partial charge in [0.2, 0.25) is 5.91 Å². The monoisotopic (exact) mass is 297 g/mol. The van der Waals surface area contributed by atoms with Crippen molar-refractivity contribution in [1.82, 2.24) is 9.80 Å². The van der Waals surface area contributed by atoms with Crippen LogP contribution in [-0.4, -0.2) is 68.2 Å². The Balaban J connectivity index is 1.65. The predicted octanol–water partition coefficient (Wildman–Crippen LogP) is 1.07. The maximum atomic E-state index is 12.3. The Bertz CT molecular complexity index is 315. The summed E-state index contributed by atoms with van der Waals surface area (Å²) in [4.78, 5) is 16.5. The molecule has 0 aromatic heterocycles. The Morgan fingerprint density at radius 2 is 2.05 bits per heavy atom. The molecule has 0 aromatic rings. The van der Waals surface area contributed by atoms with Gasteiger partial charge >= 0.3 is 0 Å². The van der Waals surface area contributed by atoms with E-state index in [1.165, 1.54) is 19.3 Å². The van der Waals surface area contributed by atoms with Crippen molar-refractivity contribution >= 4 is 5.91 Å². The van der Waals surface area contributed by atoms with Gasteiger partial charge in [-0.25, -0.2) is 0 Å². The zero-order valence-corrected chi connectivity index (χ0v) is 13.4. The summed E-state index contributed by atoms with van der Waals surface area (Å²) in [5.41, 5.74) is 5.86. The van der Waals surface area contributed by atoms with Gasteiger partial charge in [0.15, 0.2) is 0 Å². The van der Waals surface area contributed by atoms with Crippen LogP contribution in [-0.2, 0) is 9.53 Å². The molecule has 1 amide bonds. The number of amides is 1. The molecule has 0 radical (unpaired) electrons. The quantitative estimate of drug-likeness (QED) is 0.647. The zero-order chi connectivity index (χ0) is 15.1. The highest BCUT2D eigenvalue weighted by atomic mass is 16.5. The van der Waals surface area contributed by atoms with E-state index in [-0.39, 0.29) is 11.9 Å². The maximum absolute atomic E-state index is 12.3. The number of rotatable bonds is 9. The van der Waals surface area contributed by atoms with E-state index in [4.69, 9.17) is 10.5 Å². The molecule has 2 rings (SSSR count). The number of likely N-dealkylation sites (tertiary alicyclic amines) is 1. The lowest BCUT2D eigenvalue weighted by Gasteiger charge is -2.31. The molecule has 1 saturated heterocycles. The van der Waals surface area contributed by atoms with Gasteiger partial charge in [0.05, 0.1) is 6.61 Å². The van der Waals surface area contributed by atoms with Crippen LogP contribution in [0, 0.1) is 5.92 Å². The minimum atomic E-state index is 0.129. The molecule has 2 aliphatic rings. The van der Waals surface area contributed by atoms with E-state index in [9.17, 15) is 4.79 Å². The lowest BCUT2D eigenvalue weighted by atomic mass is 10.1. The first kappa shape index (κ1) is 16.7. The van der Waals surface area contributed by atoms with Crippen LogP contribution in [0.2, 0.25) is 0 Å². The average molecular weight is 297 g/mol. The first-order valence-corrected chi connectivity index (χ1v) is 8.46. The second kappa shape index (κ2) is 8.71. The molecule has 5 heteroatoms. The number of likely N-dealkylation sites (N-methyl/N-ethyl adjacent to an activating group) is 1. The van der Waals surface area contributed by atoms with Crippen molar-refractivity contribution in [3.63, 3.8) is 0 Å². The van der Waals surface area contributed by atoms with Crippen molar-refractivity contribution in [2.45, 2.75) is 44.6 Å². The maximum Gasteiger partial charge on any atom is 0.224 e. The largest absolute Gasteiger partial charge is 0.380 e. The van der Waals surface area contributed by atoms with Gasteiger partial charge in [0.1, 0.15) is 0 Å². The summed E-state index contributed by atoms with van der Waals surface area (Å²) in [5, 5.41) is 0. The Labute approximate surface area is 128 Å². The average Bonchev–Trinajstić information content (AvgIpc) is 3.33. The van der Waals surface area contributed by atoms with Crippen LogP contribution in [0.15, 0.2) is 0 Å². The summed E-state index contributed by atoms with van der Waals surface area (Å²) in [7, 11) is 2.04. The molecule has 1 saturated carbocycles. The predicted molar refractivity (Wildman–Crippen MR) is 84.1 cm³/mol. The molecule has 2 fully saturated rings. The van der Waals surface area contributed by atoms with E-state index in [1.54, 1.807) is 0 Å². The van der Waals surface area contributed by atoms with Crippen molar-refractivity contribution in [1.29, 1.82) is 0 Å². The molecule has 2 N–H and O–H groups in total. The number of carbonyl (C=O) groups excluding carboxylic acids is 1. The molecule has 0 aromatic carbocycles. The first-order valence-electron chi connectivity index (χ1n) is 8.46. The van der Waals surface area contributed by atoms with E-state index < -0.39 is 0 Å². The van der Waals surface area contributed by atoms with Gasteiger partial charge < -0.3 is 15.4 Å². The molecular weight excluding hydrogens is 266 g/mol. The van der Waals surface area contributed by atoms with Gasteiger partial charge in [-0.05, 0) is 45.1 Å². The third-order valence-electron chi connectivity index (χ3n) is 4.65. The second-order valence-electron chi connectivity index (χ2n) is 6.53. The SMILES string of the molecule is CN(CCOCC1CC1)C(CN)CC(=O)N1CCCCC1. The van der Waals surface area contributed by atoms with Crippen LogP contribution in [0.5, 0.6) is 0 Å². The summed E-state index contributed by atoms with van der Waals surface area (Å²) in [6.45, 7) is 4.85. The van der Waals surface area contributed by atoms with Gasteiger partial charge in [-0.1, -0.05) is 0 Å². The van der Waals surface area contributed by atoms with E-state index >= 15 is 0 Å². The lowest BCUT2D eigenvalue weighted by molar-refractivity contribution is -0.133. The normalized spacial score (nSPS) is 20.8. The van der Waals surface area contributed by atoms with E-state index in [0.29, 0.717) is 13.0 Å².